The van der Waals surface area contributed by atoms with Gasteiger partial charge in [-0.15, -0.1) is 11.3 Å². The van der Waals surface area contributed by atoms with E-state index in [1.165, 1.54) is 75.3 Å². The molecule has 1 aliphatic carbocycles. The molecule has 9 aromatic rings. The van der Waals surface area contributed by atoms with Crippen molar-refractivity contribution < 1.29 is 0 Å². The number of amidine groups is 1. The van der Waals surface area contributed by atoms with Crippen LogP contribution in [0.4, 0.5) is 0 Å². The van der Waals surface area contributed by atoms with Crippen LogP contribution in [0.1, 0.15) is 52.9 Å². The van der Waals surface area contributed by atoms with Crippen molar-refractivity contribution in [3.8, 4) is 22.3 Å². The Morgan fingerprint density at radius 2 is 1.42 bits per heavy atom. The maximum atomic E-state index is 5.60. The van der Waals surface area contributed by atoms with Crippen molar-refractivity contribution in [3.63, 3.8) is 0 Å². The van der Waals surface area contributed by atoms with Gasteiger partial charge in [0.2, 0.25) is 0 Å². The highest BCUT2D eigenvalue weighted by Gasteiger charge is 2.33. The Balaban J connectivity index is 1.06. The molecule has 0 radical (unpaired) electrons. The third-order valence-corrected chi connectivity index (χ3v) is 13.3. The first kappa shape index (κ1) is 33.8. The molecule has 0 spiro atoms. The minimum Gasteiger partial charge on any atom is -0.257 e. The Bertz CT molecular complexity index is 3110. The number of benzene rings is 7. The molecule has 0 amide bonds. The van der Waals surface area contributed by atoms with Crippen LogP contribution >= 0.6 is 11.3 Å². The van der Waals surface area contributed by atoms with Crippen molar-refractivity contribution in [1.82, 2.24) is 4.98 Å². The first-order valence-corrected chi connectivity index (χ1v) is 20.9. The van der Waals surface area contributed by atoms with Crippen LogP contribution in [0.15, 0.2) is 174 Å². The number of aromatic nitrogens is 1. The summed E-state index contributed by atoms with van der Waals surface area (Å²) in [5.41, 5.74) is 11.7. The molecule has 0 bridgehead atoms. The first-order valence-electron chi connectivity index (χ1n) is 20.0. The van der Waals surface area contributed by atoms with Gasteiger partial charge in [0, 0.05) is 38.0 Å². The molecule has 7 aromatic carbocycles. The van der Waals surface area contributed by atoms with Crippen LogP contribution < -0.4 is 0 Å². The average Bonchev–Trinajstić information content (AvgIpc) is 3.67. The van der Waals surface area contributed by atoms with E-state index in [1.54, 1.807) is 0 Å². The Hall–Kier alpha value is -6.49. The summed E-state index contributed by atoms with van der Waals surface area (Å²) in [4.78, 5) is 17.4. The lowest BCUT2D eigenvalue weighted by molar-refractivity contribution is 0.533. The van der Waals surface area contributed by atoms with E-state index in [0.29, 0.717) is 0 Å². The Labute approximate surface area is 336 Å². The molecule has 0 saturated heterocycles. The number of aryl methyl sites for hydroxylation is 1. The fraction of sp³-hybridized carbons (Fsp3) is 0.113. The molecule has 3 nitrogen and oxygen atoms in total. The summed E-state index contributed by atoms with van der Waals surface area (Å²) >= 11 is 1.92. The summed E-state index contributed by atoms with van der Waals surface area (Å²) in [6.45, 7) is 2.28. The molecule has 0 saturated carbocycles. The highest BCUT2D eigenvalue weighted by Crippen LogP contribution is 2.42. The molecule has 2 aliphatic rings. The molecule has 0 N–H and O–H groups in total. The summed E-state index contributed by atoms with van der Waals surface area (Å²) in [6, 6.07) is 55.0. The molecule has 2 aromatic heterocycles. The molecule has 0 fully saturated rings. The monoisotopic (exact) mass is 749 g/mol. The largest absolute Gasteiger partial charge is 0.257 e. The lowest BCUT2D eigenvalue weighted by Crippen LogP contribution is -2.28. The van der Waals surface area contributed by atoms with E-state index in [2.05, 4.69) is 171 Å². The van der Waals surface area contributed by atoms with Gasteiger partial charge < -0.3 is 0 Å². The predicted molar refractivity (Wildman–Crippen MR) is 243 cm³/mol. The molecule has 2 atom stereocenters. The Kier molecular flexibility index (Phi) is 8.25. The maximum absolute atomic E-state index is 5.60. The van der Waals surface area contributed by atoms with Gasteiger partial charge in [0.25, 0.3) is 0 Å². The Morgan fingerprint density at radius 3 is 2.32 bits per heavy atom. The number of hydrogen-bond acceptors (Lipinski definition) is 4. The second-order valence-electron chi connectivity index (χ2n) is 15.2. The summed E-state index contributed by atoms with van der Waals surface area (Å²) in [5, 5.41) is 7.47. The van der Waals surface area contributed by atoms with Crippen LogP contribution in [0.3, 0.4) is 0 Å². The second kappa shape index (κ2) is 13.9. The topological polar surface area (TPSA) is 37.6 Å². The summed E-state index contributed by atoms with van der Waals surface area (Å²) in [5.74, 6) is 0.921. The minimum absolute atomic E-state index is 0.0871. The number of aliphatic imine (C=N–C) groups is 2. The molecule has 4 heteroatoms. The van der Waals surface area contributed by atoms with Crippen molar-refractivity contribution in [1.29, 1.82) is 0 Å². The van der Waals surface area contributed by atoms with E-state index >= 15 is 0 Å². The molecule has 2 unspecified atom stereocenters. The average molecular weight is 750 g/mol. The molecular formula is C53H39N3S. The van der Waals surface area contributed by atoms with Gasteiger partial charge >= 0.3 is 0 Å². The standard InChI is InChI=1S/C53H39N3S/c1-2-39-50(36-24-22-35(23-25-36)41-30-31-54-47-29-28-42-40-17-7-6-14-34(40)26-27-44(42)49(41)47)55-53(46-20-11-19-45-43-18-8-9-21-48(43)57-52(45)46)56-51(39)38-16-10-15-37(32-38)33-12-4-3-5-13-33/h3-8,10-20,22-32,39,51H,2,9,21H2,1H3. The number of hydrogen-bond donors (Lipinski definition) is 0. The van der Waals surface area contributed by atoms with Crippen LogP contribution in [0.25, 0.3) is 70.9 Å². The normalized spacial score (nSPS) is 16.6. The van der Waals surface area contributed by atoms with Crippen molar-refractivity contribution in [2.45, 2.75) is 32.2 Å². The third-order valence-electron chi connectivity index (χ3n) is 12.0. The van der Waals surface area contributed by atoms with Gasteiger partial charge in [-0.2, -0.15) is 0 Å². The SMILES string of the molecule is CCC1C(c2ccc(-c3ccnc4ccc5c6ccccc6ccc5c34)cc2)=NC(c2cccc3c4c(sc23)CCC=C4)=NC1c1cccc(-c2ccccc2)c1. The van der Waals surface area contributed by atoms with Crippen LogP contribution in [0, 0.1) is 5.92 Å². The molecular weight excluding hydrogens is 711 g/mol. The lowest BCUT2D eigenvalue weighted by Gasteiger charge is -2.30. The van der Waals surface area contributed by atoms with E-state index in [1.807, 2.05) is 17.5 Å². The van der Waals surface area contributed by atoms with Crippen LogP contribution in [-0.4, -0.2) is 16.5 Å². The van der Waals surface area contributed by atoms with Gasteiger partial charge in [0.1, 0.15) is 0 Å². The number of nitrogens with zero attached hydrogens (tertiary/aromatic N) is 3. The van der Waals surface area contributed by atoms with E-state index in [0.717, 1.165) is 47.5 Å². The molecule has 1 aliphatic heterocycles. The Morgan fingerprint density at radius 1 is 0.632 bits per heavy atom. The highest BCUT2D eigenvalue weighted by molar-refractivity contribution is 7.19. The number of allylic oxidation sites excluding steroid dienone is 1. The molecule has 272 valence electrons. The van der Waals surface area contributed by atoms with Crippen molar-refractivity contribution >= 4 is 71.5 Å². The number of pyridine rings is 1. The number of fused-ring (bicyclic) bond motifs is 8. The van der Waals surface area contributed by atoms with Gasteiger partial charge in [-0.3, -0.25) is 9.98 Å². The second-order valence-corrected chi connectivity index (χ2v) is 16.3. The summed E-state index contributed by atoms with van der Waals surface area (Å²) in [7, 11) is 0. The van der Waals surface area contributed by atoms with E-state index in [9.17, 15) is 0 Å². The fourth-order valence-electron chi connectivity index (χ4n) is 9.21. The van der Waals surface area contributed by atoms with Gasteiger partial charge in [0.15, 0.2) is 5.84 Å². The molecule has 11 rings (SSSR count). The van der Waals surface area contributed by atoms with Gasteiger partial charge in [0.05, 0.1) is 17.3 Å². The highest BCUT2D eigenvalue weighted by atomic mass is 32.1. The quantitative estimate of drug-likeness (QED) is 0.156. The molecule has 3 heterocycles. The summed E-state index contributed by atoms with van der Waals surface area (Å²) in [6.07, 6.45) is 9.64. The smallest absolute Gasteiger partial charge is 0.156 e. The van der Waals surface area contributed by atoms with E-state index in [4.69, 9.17) is 15.0 Å². The zero-order chi connectivity index (χ0) is 37.9. The van der Waals surface area contributed by atoms with Gasteiger partial charge in [-0.05, 0) is 104 Å². The van der Waals surface area contributed by atoms with Crippen molar-refractivity contribution in [3.05, 3.63) is 191 Å². The zero-order valence-corrected chi connectivity index (χ0v) is 32.5. The van der Waals surface area contributed by atoms with Crippen LogP contribution in [-0.2, 0) is 6.42 Å². The minimum atomic E-state index is -0.0871. The maximum Gasteiger partial charge on any atom is 0.156 e. The molecule has 57 heavy (non-hydrogen) atoms. The van der Waals surface area contributed by atoms with Crippen molar-refractivity contribution in [2.75, 3.05) is 0 Å². The van der Waals surface area contributed by atoms with Crippen LogP contribution in [0.5, 0.6) is 0 Å². The predicted octanol–water partition coefficient (Wildman–Crippen LogP) is 14.1. The third kappa shape index (κ3) is 5.74. The van der Waals surface area contributed by atoms with Gasteiger partial charge in [-0.1, -0.05) is 146 Å². The van der Waals surface area contributed by atoms with E-state index < -0.39 is 0 Å². The first-order chi connectivity index (χ1) is 28.2. The number of thiophene rings is 1. The zero-order valence-electron chi connectivity index (χ0n) is 31.7. The van der Waals surface area contributed by atoms with Crippen LogP contribution in [0.2, 0.25) is 0 Å². The van der Waals surface area contributed by atoms with Gasteiger partial charge in [-0.25, -0.2) is 4.99 Å². The fourth-order valence-corrected chi connectivity index (χ4v) is 10.5. The summed E-state index contributed by atoms with van der Waals surface area (Å²) < 4.78 is 1.28. The van der Waals surface area contributed by atoms with Crippen molar-refractivity contribution in [2.24, 2.45) is 15.9 Å². The lowest BCUT2D eigenvalue weighted by atomic mass is 9.82. The number of rotatable bonds is 6. The van der Waals surface area contributed by atoms with E-state index in [-0.39, 0.29) is 12.0 Å².